The van der Waals surface area contributed by atoms with Crippen LogP contribution < -0.4 is 15.0 Å². The maximum Gasteiger partial charge on any atom is 0.177 e. The van der Waals surface area contributed by atoms with Crippen molar-refractivity contribution in [3.8, 4) is 11.5 Å². The lowest BCUT2D eigenvalue weighted by Gasteiger charge is -2.21. The van der Waals surface area contributed by atoms with Gasteiger partial charge in [-0.3, -0.25) is 0 Å². The summed E-state index contributed by atoms with van der Waals surface area (Å²) < 4.78 is 5.78. The van der Waals surface area contributed by atoms with Gasteiger partial charge in [-0.2, -0.15) is 0 Å². The highest BCUT2D eigenvalue weighted by Gasteiger charge is 2.06. The molecule has 24 heavy (non-hydrogen) atoms. The van der Waals surface area contributed by atoms with Crippen LogP contribution in [0.25, 0.3) is 0 Å². The molecule has 4 heteroatoms. The molecule has 0 amide bonds. The zero-order valence-corrected chi connectivity index (χ0v) is 14.2. The molecule has 3 rings (SSSR count). The Morgan fingerprint density at radius 1 is 0.792 bits per heavy atom. The molecule has 0 saturated carbocycles. The summed E-state index contributed by atoms with van der Waals surface area (Å²) >= 11 is 5.46. The number of thiocarbonyl (C=S) groups is 1. The molecule has 0 atom stereocenters. The first-order chi connectivity index (χ1) is 11.7. The SMILES string of the molecule is CN(C(=S)Nc1ccc(Oc2ccccc2)cc1)c1ccccc1. The lowest BCUT2D eigenvalue weighted by atomic mass is 10.3. The van der Waals surface area contributed by atoms with Gasteiger partial charge in [0.15, 0.2) is 5.11 Å². The molecule has 0 aliphatic heterocycles. The molecule has 0 spiro atoms. The van der Waals surface area contributed by atoms with E-state index >= 15 is 0 Å². The first-order valence-electron chi connectivity index (χ1n) is 7.65. The molecule has 0 heterocycles. The molecule has 0 unspecified atom stereocenters. The van der Waals surface area contributed by atoms with Crippen molar-refractivity contribution in [2.24, 2.45) is 0 Å². The maximum atomic E-state index is 5.78. The first kappa shape index (κ1) is 16.0. The van der Waals surface area contributed by atoms with Crippen LogP contribution in [0.5, 0.6) is 11.5 Å². The molecule has 0 aliphatic carbocycles. The van der Waals surface area contributed by atoms with Gasteiger partial charge in [-0.1, -0.05) is 36.4 Å². The van der Waals surface area contributed by atoms with Gasteiger partial charge in [-0.15, -0.1) is 0 Å². The number of rotatable bonds is 4. The van der Waals surface area contributed by atoms with Crippen molar-refractivity contribution in [3.63, 3.8) is 0 Å². The molecule has 3 aromatic rings. The molecule has 0 radical (unpaired) electrons. The number of para-hydroxylation sites is 2. The predicted molar refractivity (Wildman–Crippen MR) is 104 cm³/mol. The number of hydrogen-bond donors (Lipinski definition) is 1. The van der Waals surface area contributed by atoms with Crippen LogP contribution in [0.2, 0.25) is 0 Å². The molecular weight excluding hydrogens is 316 g/mol. The Morgan fingerprint density at radius 3 is 1.96 bits per heavy atom. The predicted octanol–water partition coefficient (Wildman–Crippen LogP) is 5.31. The van der Waals surface area contributed by atoms with Crippen LogP contribution in [0, 0.1) is 0 Å². The van der Waals surface area contributed by atoms with Gasteiger partial charge in [0.25, 0.3) is 0 Å². The molecule has 1 N–H and O–H groups in total. The zero-order valence-electron chi connectivity index (χ0n) is 13.3. The van der Waals surface area contributed by atoms with E-state index in [9.17, 15) is 0 Å². The van der Waals surface area contributed by atoms with E-state index in [4.69, 9.17) is 17.0 Å². The topological polar surface area (TPSA) is 24.5 Å². The Kier molecular flexibility index (Phi) is 5.08. The minimum Gasteiger partial charge on any atom is -0.457 e. The van der Waals surface area contributed by atoms with E-state index in [0.29, 0.717) is 5.11 Å². The molecule has 0 fully saturated rings. The van der Waals surface area contributed by atoms with Crippen LogP contribution in [0.4, 0.5) is 11.4 Å². The van der Waals surface area contributed by atoms with Crippen molar-refractivity contribution in [2.45, 2.75) is 0 Å². The van der Waals surface area contributed by atoms with Gasteiger partial charge in [0.2, 0.25) is 0 Å². The lowest BCUT2D eigenvalue weighted by Crippen LogP contribution is -2.30. The second-order valence-electron chi connectivity index (χ2n) is 5.26. The van der Waals surface area contributed by atoms with Crippen molar-refractivity contribution in [1.29, 1.82) is 0 Å². The van der Waals surface area contributed by atoms with E-state index in [1.807, 2.05) is 96.9 Å². The monoisotopic (exact) mass is 334 g/mol. The Labute approximate surface area is 147 Å². The molecule has 0 saturated heterocycles. The average Bonchev–Trinajstić information content (AvgIpc) is 2.64. The third-order valence-corrected chi connectivity index (χ3v) is 3.91. The van der Waals surface area contributed by atoms with Crippen LogP contribution in [0.15, 0.2) is 84.9 Å². The summed E-state index contributed by atoms with van der Waals surface area (Å²) in [5.74, 6) is 1.60. The molecule has 0 aromatic heterocycles. The van der Waals surface area contributed by atoms with Crippen molar-refractivity contribution in [2.75, 3.05) is 17.3 Å². The maximum absolute atomic E-state index is 5.78. The highest BCUT2D eigenvalue weighted by molar-refractivity contribution is 7.80. The fourth-order valence-electron chi connectivity index (χ4n) is 2.21. The molecule has 120 valence electrons. The molecule has 3 nitrogen and oxygen atoms in total. The van der Waals surface area contributed by atoms with E-state index in [1.54, 1.807) is 0 Å². The second kappa shape index (κ2) is 7.62. The van der Waals surface area contributed by atoms with Gasteiger partial charge >= 0.3 is 0 Å². The molecular formula is C20H18N2OS. The van der Waals surface area contributed by atoms with Gasteiger partial charge < -0.3 is 15.0 Å². The third-order valence-electron chi connectivity index (χ3n) is 3.53. The van der Waals surface area contributed by atoms with Crippen LogP contribution >= 0.6 is 12.2 Å². The van der Waals surface area contributed by atoms with Gasteiger partial charge in [-0.25, -0.2) is 0 Å². The molecule has 0 aliphatic rings. The summed E-state index contributed by atoms with van der Waals surface area (Å²) in [5.41, 5.74) is 1.96. The number of anilines is 2. The standard InChI is InChI=1S/C20H18N2OS/c1-22(17-8-4-2-5-9-17)20(24)21-16-12-14-19(15-13-16)23-18-10-6-3-7-11-18/h2-15H,1H3,(H,21,24). The second-order valence-corrected chi connectivity index (χ2v) is 5.65. The van der Waals surface area contributed by atoms with E-state index < -0.39 is 0 Å². The smallest absolute Gasteiger partial charge is 0.177 e. The number of nitrogens with one attached hydrogen (secondary N) is 1. The highest BCUT2D eigenvalue weighted by atomic mass is 32.1. The Bertz CT molecular complexity index is 789. The van der Waals surface area contributed by atoms with E-state index in [-0.39, 0.29) is 0 Å². The minimum absolute atomic E-state index is 0.637. The first-order valence-corrected chi connectivity index (χ1v) is 8.06. The lowest BCUT2D eigenvalue weighted by molar-refractivity contribution is 0.483. The quantitative estimate of drug-likeness (QED) is 0.653. The summed E-state index contributed by atoms with van der Waals surface area (Å²) in [6, 6.07) is 27.4. The summed E-state index contributed by atoms with van der Waals surface area (Å²) in [7, 11) is 1.94. The summed E-state index contributed by atoms with van der Waals surface area (Å²) in [4.78, 5) is 1.93. The summed E-state index contributed by atoms with van der Waals surface area (Å²) in [6.45, 7) is 0. The van der Waals surface area contributed by atoms with Gasteiger partial charge in [0.05, 0.1) is 0 Å². The Hall–Kier alpha value is -2.85. The van der Waals surface area contributed by atoms with Crippen LogP contribution in [-0.2, 0) is 0 Å². The van der Waals surface area contributed by atoms with Crippen LogP contribution in [-0.4, -0.2) is 12.2 Å². The largest absolute Gasteiger partial charge is 0.457 e. The van der Waals surface area contributed by atoms with Crippen molar-refractivity contribution in [1.82, 2.24) is 0 Å². The van der Waals surface area contributed by atoms with Crippen LogP contribution in [0.3, 0.4) is 0 Å². The van der Waals surface area contributed by atoms with Crippen molar-refractivity contribution < 1.29 is 4.74 Å². The number of hydrogen-bond acceptors (Lipinski definition) is 2. The summed E-state index contributed by atoms with van der Waals surface area (Å²) in [5, 5.41) is 3.87. The summed E-state index contributed by atoms with van der Waals surface area (Å²) in [6.07, 6.45) is 0. The highest BCUT2D eigenvalue weighted by Crippen LogP contribution is 2.23. The average molecular weight is 334 g/mol. The van der Waals surface area contributed by atoms with E-state index in [2.05, 4.69) is 5.32 Å². The normalized spacial score (nSPS) is 10.0. The van der Waals surface area contributed by atoms with Gasteiger partial charge in [0.1, 0.15) is 11.5 Å². The van der Waals surface area contributed by atoms with Gasteiger partial charge in [0, 0.05) is 18.4 Å². The third kappa shape index (κ3) is 4.12. The number of ether oxygens (including phenoxy) is 1. The van der Waals surface area contributed by atoms with Crippen molar-refractivity contribution in [3.05, 3.63) is 84.9 Å². The van der Waals surface area contributed by atoms with Gasteiger partial charge in [-0.05, 0) is 60.7 Å². The van der Waals surface area contributed by atoms with Crippen molar-refractivity contribution >= 4 is 28.7 Å². The zero-order chi connectivity index (χ0) is 16.8. The fraction of sp³-hybridized carbons (Fsp3) is 0.0500. The van der Waals surface area contributed by atoms with E-state index in [0.717, 1.165) is 22.9 Å². The molecule has 0 bridgehead atoms. The van der Waals surface area contributed by atoms with E-state index in [1.165, 1.54) is 0 Å². The number of nitrogens with zero attached hydrogens (tertiary/aromatic N) is 1. The Balaban J connectivity index is 1.62. The minimum atomic E-state index is 0.637. The molecule has 3 aromatic carbocycles. The fourth-order valence-corrected chi connectivity index (χ4v) is 2.43. The number of benzene rings is 3. The van der Waals surface area contributed by atoms with Crippen LogP contribution in [0.1, 0.15) is 0 Å². The Morgan fingerprint density at radius 2 is 1.33 bits per heavy atom.